The molecule has 0 saturated heterocycles. The van der Waals surface area contributed by atoms with Crippen LogP contribution >= 0.6 is 0 Å². The van der Waals surface area contributed by atoms with Gasteiger partial charge in [0.25, 0.3) is 0 Å². The fourth-order valence-corrected chi connectivity index (χ4v) is 1.67. The lowest BCUT2D eigenvalue weighted by Crippen LogP contribution is -2.42. The Morgan fingerprint density at radius 3 is 2.44 bits per heavy atom. The van der Waals surface area contributed by atoms with Crippen molar-refractivity contribution in [2.24, 2.45) is 11.8 Å². The molecule has 92 valence electrons. The van der Waals surface area contributed by atoms with Crippen LogP contribution in [0.2, 0.25) is 0 Å². The Bertz CT molecular complexity index is 259. The first kappa shape index (κ1) is 13.0. The summed E-state index contributed by atoms with van der Waals surface area (Å²) in [4.78, 5) is 23.0. The monoisotopic (exact) mass is 227 g/mol. The first-order valence-corrected chi connectivity index (χ1v) is 5.90. The summed E-state index contributed by atoms with van der Waals surface area (Å²) < 4.78 is 4.69. The number of hydrogen-bond acceptors (Lipinski definition) is 3. The van der Waals surface area contributed by atoms with Crippen molar-refractivity contribution in [2.45, 2.75) is 45.6 Å². The van der Waals surface area contributed by atoms with Gasteiger partial charge in [-0.25, -0.2) is 4.79 Å². The molecule has 0 unspecified atom stereocenters. The first-order chi connectivity index (χ1) is 7.52. The van der Waals surface area contributed by atoms with E-state index in [1.807, 2.05) is 13.8 Å². The summed E-state index contributed by atoms with van der Waals surface area (Å²) in [5.74, 6) is 0.498. The summed E-state index contributed by atoms with van der Waals surface area (Å²) in [5.41, 5.74) is 0. The van der Waals surface area contributed by atoms with E-state index in [0.29, 0.717) is 18.3 Å². The highest BCUT2D eigenvalue weighted by atomic mass is 16.5. The summed E-state index contributed by atoms with van der Waals surface area (Å²) in [7, 11) is 1.36. The molecule has 0 aromatic carbocycles. The van der Waals surface area contributed by atoms with Crippen molar-refractivity contribution in [3.8, 4) is 0 Å². The predicted molar refractivity (Wildman–Crippen MR) is 60.7 cm³/mol. The molecule has 0 aliphatic heterocycles. The molecule has 1 aliphatic rings. The van der Waals surface area contributed by atoms with E-state index in [-0.39, 0.29) is 11.9 Å². The van der Waals surface area contributed by atoms with E-state index in [1.165, 1.54) is 7.11 Å². The zero-order chi connectivity index (χ0) is 12.1. The fourth-order valence-electron chi connectivity index (χ4n) is 1.67. The third kappa shape index (κ3) is 4.64. The highest BCUT2D eigenvalue weighted by Crippen LogP contribution is 2.33. The van der Waals surface area contributed by atoms with Crippen LogP contribution in [0.15, 0.2) is 0 Å². The van der Waals surface area contributed by atoms with Gasteiger partial charge in [-0.2, -0.15) is 0 Å². The summed E-state index contributed by atoms with van der Waals surface area (Å²) in [6.07, 6.45) is 3.50. The Labute approximate surface area is 96.7 Å². The van der Waals surface area contributed by atoms with Gasteiger partial charge in [0, 0.05) is 6.42 Å². The maximum atomic E-state index is 11.6. The van der Waals surface area contributed by atoms with Crippen LogP contribution in [0.3, 0.4) is 0 Å². The van der Waals surface area contributed by atoms with Crippen molar-refractivity contribution in [2.75, 3.05) is 7.11 Å². The van der Waals surface area contributed by atoms with Crippen molar-refractivity contribution >= 4 is 11.9 Å². The first-order valence-electron chi connectivity index (χ1n) is 5.90. The Kier molecular flexibility index (Phi) is 4.77. The lowest BCUT2D eigenvalue weighted by atomic mass is 10.1. The summed E-state index contributed by atoms with van der Waals surface area (Å²) >= 11 is 0. The van der Waals surface area contributed by atoms with Crippen LogP contribution in [0.1, 0.15) is 39.5 Å². The molecular formula is C12H21NO3. The largest absolute Gasteiger partial charge is 0.467 e. The van der Waals surface area contributed by atoms with Gasteiger partial charge < -0.3 is 10.1 Å². The van der Waals surface area contributed by atoms with E-state index in [0.717, 1.165) is 19.3 Å². The molecule has 1 atom stereocenters. The molecule has 1 saturated carbocycles. The van der Waals surface area contributed by atoms with Crippen LogP contribution in [0.5, 0.6) is 0 Å². The summed E-state index contributed by atoms with van der Waals surface area (Å²) in [6.45, 7) is 3.96. The molecule has 1 amide bonds. The molecule has 16 heavy (non-hydrogen) atoms. The van der Waals surface area contributed by atoms with Gasteiger partial charge in [-0.1, -0.05) is 26.7 Å². The minimum absolute atomic E-state index is 0.0638. The maximum Gasteiger partial charge on any atom is 0.328 e. The lowest BCUT2D eigenvalue weighted by molar-refractivity contribution is -0.145. The van der Waals surface area contributed by atoms with E-state index in [1.54, 1.807) is 0 Å². The predicted octanol–water partition coefficient (Wildman–Crippen LogP) is 1.49. The zero-order valence-electron chi connectivity index (χ0n) is 10.3. The average Bonchev–Trinajstić information content (AvgIpc) is 2.98. The molecule has 1 N–H and O–H groups in total. The lowest BCUT2D eigenvalue weighted by Gasteiger charge is -2.16. The van der Waals surface area contributed by atoms with Gasteiger partial charge in [-0.15, -0.1) is 0 Å². The minimum Gasteiger partial charge on any atom is -0.467 e. The SMILES string of the molecule is COC(=O)[C@H](CC1CC1)NC(=O)CC(C)C. The number of esters is 1. The molecule has 0 aromatic rings. The molecule has 0 spiro atoms. The van der Waals surface area contributed by atoms with Crippen LogP contribution in [0.4, 0.5) is 0 Å². The van der Waals surface area contributed by atoms with Gasteiger partial charge in [0.2, 0.25) is 5.91 Å². The van der Waals surface area contributed by atoms with Crippen molar-refractivity contribution < 1.29 is 14.3 Å². The molecule has 0 radical (unpaired) electrons. The molecule has 1 fully saturated rings. The number of carbonyl (C=O) groups excluding carboxylic acids is 2. The number of rotatable bonds is 6. The number of ether oxygens (including phenoxy) is 1. The molecule has 4 nitrogen and oxygen atoms in total. The van der Waals surface area contributed by atoms with Crippen LogP contribution in [-0.2, 0) is 14.3 Å². The van der Waals surface area contributed by atoms with E-state index in [4.69, 9.17) is 4.74 Å². The number of carbonyl (C=O) groups is 2. The molecular weight excluding hydrogens is 206 g/mol. The number of hydrogen-bond donors (Lipinski definition) is 1. The Morgan fingerprint density at radius 1 is 1.38 bits per heavy atom. The Morgan fingerprint density at radius 2 is 2.00 bits per heavy atom. The van der Waals surface area contributed by atoms with E-state index in [9.17, 15) is 9.59 Å². The van der Waals surface area contributed by atoms with Gasteiger partial charge >= 0.3 is 5.97 Å². The highest BCUT2D eigenvalue weighted by molar-refractivity contribution is 5.84. The number of methoxy groups -OCH3 is 1. The molecule has 0 aromatic heterocycles. The normalized spacial score (nSPS) is 17.0. The van der Waals surface area contributed by atoms with Crippen LogP contribution in [-0.4, -0.2) is 25.0 Å². The van der Waals surface area contributed by atoms with Gasteiger partial charge in [-0.05, 0) is 18.3 Å². The Balaban J connectivity index is 2.41. The molecule has 4 heteroatoms. The van der Waals surface area contributed by atoms with Crippen molar-refractivity contribution in [1.29, 1.82) is 0 Å². The Hall–Kier alpha value is -1.06. The molecule has 1 rings (SSSR count). The minimum atomic E-state index is -0.455. The average molecular weight is 227 g/mol. The second-order valence-electron chi connectivity index (χ2n) is 4.92. The number of nitrogens with one attached hydrogen (secondary N) is 1. The van der Waals surface area contributed by atoms with E-state index < -0.39 is 6.04 Å². The second kappa shape index (κ2) is 5.87. The van der Waals surface area contributed by atoms with E-state index >= 15 is 0 Å². The standard InChI is InChI=1S/C12H21NO3/c1-8(2)6-11(14)13-10(12(15)16-3)7-9-4-5-9/h8-10H,4-7H2,1-3H3,(H,13,14)/t10-/m0/s1. The van der Waals surface area contributed by atoms with Gasteiger partial charge in [0.1, 0.15) is 6.04 Å². The summed E-state index contributed by atoms with van der Waals surface area (Å²) in [6, 6.07) is -0.455. The second-order valence-corrected chi connectivity index (χ2v) is 4.92. The smallest absolute Gasteiger partial charge is 0.328 e. The molecule has 0 heterocycles. The van der Waals surface area contributed by atoms with Crippen LogP contribution in [0, 0.1) is 11.8 Å². The van der Waals surface area contributed by atoms with Crippen molar-refractivity contribution in [3.05, 3.63) is 0 Å². The molecule has 0 bridgehead atoms. The van der Waals surface area contributed by atoms with Gasteiger partial charge in [-0.3, -0.25) is 4.79 Å². The maximum absolute atomic E-state index is 11.6. The summed E-state index contributed by atoms with van der Waals surface area (Å²) in [5, 5.41) is 2.76. The van der Waals surface area contributed by atoms with Crippen LogP contribution < -0.4 is 5.32 Å². The number of amides is 1. The fraction of sp³-hybridized carbons (Fsp3) is 0.833. The van der Waals surface area contributed by atoms with Gasteiger partial charge in [0.15, 0.2) is 0 Å². The van der Waals surface area contributed by atoms with Crippen molar-refractivity contribution in [3.63, 3.8) is 0 Å². The van der Waals surface area contributed by atoms with E-state index in [2.05, 4.69) is 5.32 Å². The zero-order valence-corrected chi connectivity index (χ0v) is 10.3. The topological polar surface area (TPSA) is 55.4 Å². The molecule has 1 aliphatic carbocycles. The third-order valence-corrected chi connectivity index (χ3v) is 2.68. The van der Waals surface area contributed by atoms with Crippen molar-refractivity contribution in [1.82, 2.24) is 5.32 Å². The van der Waals surface area contributed by atoms with Gasteiger partial charge in [0.05, 0.1) is 7.11 Å². The van der Waals surface area contributed by atoms with Crippen LogP contribution in [0.25, 0.3) is 0 Å². The third-order valence-electron chi connectivity index (χ3n) is 2.68. The quantitative estimate of drug-likeness (QED) is 0.699. The highest BCUT2D eigenvalue weighted by Gasteiger charge is 2.30.